The molecule has 0 atom stereocenters. The fourth-order valence-electron chi connectivity index (χ4n) is 3.56. The molecule has 1 fully saturated rings. The van der Waals surface area contributed by atoms with Crippen molar-refractivity contribution in [1.82, 2.24) is 4.90 Å². The molecule has 1 heterocycles. The van der Waals surface area contributed by atoms with Crippen LogP contribution in [0, 0.1) is 12.7 Å². The number of carbonyl (C=O) groups excluding carboxylic acids is 2. The van der Waals surface area contributed by atoms with Crippen molar-refractivity contribution in [2.45, 2.75) is 26.7 Å². The van der Waals surface area contributed by atoms with Crippen molar-refractivity contribution in [3.05, 3.63) is 59.4 Å². The molecule has 1 aliphatic heterocycles. The molecule has 166 valence electrons. The Kier molecular flexibility index (Phi) is 7.50. The van der Waals surface area contributed by atoms with Crippen molar-refractivity contribution >= 4 is 17.6 Å². The van der Waals surface area contributed by atoms with Gasteiger partial charge in [0.15, 0.2) is 13.2 Å². The van der Waals surface area contributed by atoms with Gasteiger partial charge < -0.3 is 19.3 Å². The maximum atomic E-state index is 13.9. The van der Waals surface area contributed by atoms with Gasteiger partial charge in [0, 0.05) is 26.2 Å². The summed E-state index contributed by atoms with van der Waals surface area (Å²) in [5.74, 6) is -0.210. The minimum atomic E-state index is -0.588. The van der Waals surface area contributed by atoms with E-state index in [-0.39, 0.29) is 30.9 Å². The topological polar surface area (TPSA) is 59.1 Å². The number of hydrogen-bond donors (Lipinski definition) is 0. The van der Waals surface area contributed by atoms with Gasteiger partial charge in [0.25, 0.3) is 5.91 Å². The number of amides is 1. The minimum Gasteiger partial charge on any atom is -0.482 e. The Hall–Kier alpha value is -3.09. The second-order valence-electron chi connectivity index (χ2n) is 7.96. The SMILES string of the molecule is Cc1ccc(C(C)C)c(OCC(=O)OCC(=O)N2CCN(c3ccccc3F)CC2)c1. The second-order valence-corrected chi connectivity index (χ2v) is 7.96. The van der Waals surface area contributed by atoms with Crippen LogP contribution in [0.5, 0.6) is 5.75 Å². The number of ether oxygens (including phenoxy) is 2. The monoisotopic (exact) mass is 428 g/mol. The van der Waals surface area contributed by atoms with Gasteiger partial charge in [-0.1, -0.05) is 38.1 Å². The number of halogens is 1. The molecule has 7 heteroatoms. The molecule has 0 bridgehead atoms. The highest BCUT2D eigenvalue weighted by molar-refractivity contribution is 5.81. The molecule has 1 aliphatic rings. The van der Waals surface area contributed by atoms with Crippen LogP contribution in [-0.4, -0.2) is 56.2 Å². The number of benzene rings is 2. The Bertz CT molecular complexity index is 924. The number of nitrogens with zero attached hydrogens (tertiary/aromatic N) is 2. The zero-order valence-corrected chi connectivity index (χ0v) is 18.3. The molecule has 0 N–H and O–H groups in total. The van der Waals surface area contributed by atoms with E-state index in [2.05, 4.69) is 13.8 Å². The van der Waals surface area contributed by atoms with Crippen LogP contribution in [0.15, 0.2) is 42.5 Å². The van der Waals surface area contributed by atoms with Gasteiger partial charge in [-0.25, -0.2) is 9.18 Å². The fourth-order valence-corrected chi connectivity index (χ4v) is 3.56. The number of esters is 1. The summed E-state index contributed by atoms with van der Waals surface area (Å²) in [7, 11) is 0. The van der Waals surface area contributed by atoms with Crippen LogP contribution in [0.3, 0.4) is 0 Å². The van der Waals surface area contributed by atoms with Gasteiger partial charge in [-0.2, -0.15) is 0 Å². The predicted molar refractivity (Wildman–Crippen MR) is 117 cm³/mol. The van der Waals surface area contributed by atoms with E-state index in [0.29, 0.717) is 37.6 Å². The van der Waals surface area contributed by atoms with Crippen LogP contribution in [0.2, 0.25) is 0 Å². The summed E-state index contributed by atoms with van der Waals surface area (Å²) in [4.78, 5) is 28.0. The van der Waals surface area contributed by atoms with Crippen LogP contribution in [0.25, 0.3) is 0 Å². The molecule has 0 spiro atoms. The first-order valence-corrected chi connectivity index (χ1v) is 10.5. The highest BCUT2D eigenvalue weighted by atomic mass is 19.1. The fraction of sp³-hybridized carbons (Fsp3) is 0.417. The highest BCUT2D eigenvalue weighted by Crippen LogP contribution is 2.27. The zero-order valence-electron chi connectivity index (χ0n) is 18.3. The lowest BCUT2D eigenvalue weighted by molar-refractivity contribution is -0.153. The van der Waals surface area contributed by atoms with E-state index in [9.17, 15) is 14.0 Å². The summed E-state index contributed by atoms with van der Waals surface area (Å²) in [6.45, 7) is 7.43. The molecule has 6 nitrogen and oxygen atoms in total. The summed E-state index contributed by atoms with van der Waals surface area (Å²) in [5, 5.41) is 0. The highest BCUT2D eigenvalue weighted by Gasteiger charge is 2.23. The smallest absolute Gasteiger partial charge is 0.344 e. The third kappa shape index (κ3) is 5.96. The zero-order chi connectivity index (χ0) is 22.4. The van der Waals surface area contributed by atoms with E-state index in [1.807, 2.05) is 30.0 Å². The van der Waals surface area contributed by atoms with Crippen LogP contribution >= 0.6 is 0 Å². The molecule has 2 aromatic rings. The van der Waals surface area contributed by atoms with Crippen molar-refractivity contribution in [1.29, 1.82) is 0 Å². The molecule has 2 aromatic carbocycles. The molecule has 3 rings (SSSR count). The average Bonchev–Trinajstić information content (AvgIpc) is 2.76. The molecule has 31 heavy (non-hydrogen) atoms. The number of piperazine rings is 1. The molecule has 0 radical (unpaired) electrons. The number of anilines is 1. The Morgan fingerprint density at radius 2 is 1.74 bits per heavy atom. The van der Waals surface area contributed by atoms with Gasteiger partial charge >= 0.3 is 5.97 Å². The summed E-state index contributed by atoms with van der Waals surface area (Å²) in [6.07, 6.45) is 0. The first-order chi connectivity index (χ1) is 14.8. The van der Waals surface area contributed by atoms with E-state index in [0.717, 1.165) is 11.1 Å². The van der Waals surface area contributed by atoms with Crippen molar-refractivity contribution < 1.29 is 23.5 Å². The molecule has 0 aliphatic carbocycles. The Morgan fingerprint density at radius 3 is 2.42 bits per heavy atom. The Balaban J connectivity index is 1.44. The van der Waals surface area contributed by atoms with Crippen molar-refractivity contribution in [2.75, 3.05) is 44.3 Å². The number of para-hydroxylation sites is 1. The number of hydrogen-bond acceptors (Lipinski definition) is 5. The standard InChI is InChI=1S/C24H29FN2O4/c1-17(2)19-9-8-18(3)14-22(19)30-16-24(29)31-15-23(28)27-12-10-26(11-13-27)21-7-5-4-6-20(21)25/h4-9,14,17H,10-13,15-16H2,1-3H3. The van der Waals surface area contributed by atoms with Gasteiger partial charge in [-0.05, 0) is 42.2 Å². The maximum Gasteiger partial charge on any atom is 0.344 e. The molecule has 0 unspecified atom stereocenters. The van der Waals surface area contributed by atoms with E-state index in [4.69, 9.17) is 9.47 Å². The molecule has 0 aromatic heterocycles. The van der Waals surface area contributed by atoms with Gasteiger partial charge in [-0.3, -0.25) is 4.79 Å². The van der Waals surface area contributed by atoms with E-state index < -0.39 is 5.97 Å². The van der Waals surface area contributed by atoms with E-state index in [1.165, 1.54) is 6.07 Å². The van der Waals surface area contributed by atoms with Crippen molar-refractivity contribution in [3.63, 3.8) is 0 Å². The van der Waals surface area contributed by atoms with Crippen LogP contribution in [-0.2, 0) is 14.3 Å². The number of rotatable bonds is 7. The third-order valence-electron chi connectivity index (χ3n) is 5.32. The minimum absolute atomic E-state index is 0.252. The number of carbonyl (C=O) groups is 2. The number of aryl methyl sites for hydroxylation is 1. The van der Waals surface area contributed by atoms with E-state index >= 15 is 0 Å². The average molecular weight is 429 g/mol. The Labute approximate surface area is 182 Å². The van der Waals surface area contributed by atoms with Gasteiger partial charge in [0.1, 0.15) is 11.6 Å². The normalized spacial score (nSPS) is 14.0. The molecule has 1 saturated heterocycles. The van der Waals surface area contributed by atoms with Crippen LogP contribution in [0.4, 0.5) is 10.1 Å². The van der Waals surface area contributed by atoms with Crippen LogP contribution in [0.1, 0.15) is 30.9 Å². The third-order valence-corrected chi connectivity index (χ3v) is 5.32. The van der Waals surface area contributed by atoms with Crippen LogP contribution < -0.4 is 9.64 Å². The maximum absolute atomic E-state index is 13.9. The summed E-state index contributed by atoms with van der Waals surface area (Å²) in [5.41, 5.74) is 2.59. The first-order valence-electron chi connectivity index (χ1n) is 10.5. The van der Waals surface area contributed by atoms with Crippen molar-refractivity contribution in [2.24, 2.45) is 0 Å². The lowest BCUT2D eigenvalue weighted by Crippen LogP contribution is -2.50. The largest absolute Gasteiger partial charge is 0.482 e. The summed E-state index contributed by atoms with van der Waals surface area (Å²) < 4.78 is 24.7. The quantitative estimate of drug-likeness (QED) is 0.632. The van der Waals surface area contributed by atoms with Gasteiger partial charge in [-0.15, -0.1) is 0 Å². The second kappa shape index (κ2) is 10.3. The Morgan fingerprint density at radius 1 is 1.03 bits per heavy atom. The van der Waals surface area contributed by atoms with E-state index in [1.54, 1.807) is 23.1 Å². The molecular weight excluding hydrogens is 399 g/mol. The summed E-state index contributed by atoms with van der Waals surface area (Å²) in [6, 6.07) is 12.5. The summed E-state index contributed by atoms with van der Waals surface area (Å²) >= 11 is 0. The van der Waals surface area contributed by atoms with Crippen molar-refractivity contribution in [3.8, 4) is 5.75 Å². The molecule has 0 saturated carbocycles. The lowest BCUT2D eigenvalue weighted by atomic mass is 10.0. The predicted octanol–water partition coefficient (Wildman–Crippen LogP) is 3.53. The van der Waals surface area contributed by atoms with Gasteiger partial charge in [0.2, 0.25) is 0 Å². The molecule has 1 amide bonds. The lowest BCUT2D eigenvalue weighted by Gasteiger charge is -2.36. The molecular formula is C24H29FN2O4. The first kappa shape index (κ1) is 22.6. The van der Waals surface area contributed by atoms with Gasteiger partial charge in [0.05, 0.1) is 5.69 Å².